The zero-order valence-electron chi connectivity index (χ0n) is 18.8. The molecule has 5 rings (SSSR count). The van der Waals surface area contributed by atoms with Crippen LogP contribution in [0.5, 0.6) is 11.5 Å². The van der Waals surface area contributed by atoms with E-state index in [1.807, 2.05) is 42.5 Å². The van der Waals surface area contributed by atoms with E-state index in [-0.39, 0.29) is 0 Å². The molecule has 2 aliphatic heterocycles. The number of nitrogens with zero attached hydrogens (tertiary/aromatic N) is 2. The van der Waals surface area contributed by atoms with Crippen LogP contribution in [0.1, 0.15) is 34.3 Å². The van der Waals surface area contributed by atoms with Crippen LogP contribution in [0.2, 0.25) is 0 Å². The molecule has 0 saturated carbocycles. The number of carboxylic acids is 1. The van der Waals surface area contributed by atoms with Crippen molar-refractivity contribution in [1.82, 2.24) is 9.80 Å². The van der Waals surface area contributed by atoms with E-state index in [9.17, 15) is 4.79 Å². The van der Waals surface area contributed by atoms with Gasteiger partial charge in [-0.2, -0.15) is 0 Å². The lowest BCUT2D eigenvalue weighted by Crippen LogP contribution is -2.46. The Hall–Kier alpha value is -3.15. The minimum atomic E-state index is -0.867. The molecule has 2 aliphatic rings. The highest BCUT2D eigenvalue weighted by Crippen LogP contribution is 2.32. The summed E-state index contributed by atoms with van der Waals surface area (Å²) in [5.41, 5.74) is 2.90. The van der Waals surface area contributed by atoms with Crippen molar-refractivity contribution in [3.8, 4) is 11.5 Å². The zero-order chi connectivity index (χ0) is 22.6. The van der Waals surface area contributed by atoms with Gasteiger partial charge in [-0.1, -0.05) is 42.5 Å². The van der Waals surface area contributed by atoms with Crippen molar-refractivity contribution in [3.05, 3.63) is 95.6 Å². The van der Waals surface area contributed by atoms with Crippen LogP contribution in [0.15, 0.2) is 78.9 Å². The summed E-state index contributed by atoms with van der Waals surface area (Å²) >= 11 is 0. The minimum Gasteiger partial charge on any atom is -0.478 e. The van der Waals surface area contributed by atoms with E-state index >= 15 is 0 Å². The predicted octanol–water partition coefficient (Wildman–Crippen LogP) is 5.07. The molecule has 2 fully saturated rings. The van der Waals surface area contributed by atoms with Crippen LogP contribution in [0, 0.1) is 0 Å². The van der Waals surface area contributed by atoms with Gasteiger partial charge in [0.05, 0.1) is 5.56 Å². The highest BCUT2D eigenvalue weighted by atomic mass is 16.5. The second kappa shape index (κ2) is 9.77. The van der Waals surface area contributed by atoms with Crippen molar-refractivity contribution < 1.29 is 14.6 Å². The van der Waals surface area contributed by atoms with Crippen LogP contribution in [0.25, 0.3) is 0 Å². The molecule has 2 saturated heterocycles. The summed E-state index contributed by atoms with van der Waals surface area (Å²) in [6, 6.07) is 26.9. The van der Waals surface area contributed by atoms with Crippen molar-refractivity contribution in [2.75, 3.05) is 19.6 Å². The molecule has 2 heterocycles. The van der Waals surface area contributed by atoms with Crippen molar-refractivity contribution in [1.29, 1.82) is 0 Å². The molecule has 2 atom stereocenters. The molecule has 5 nitrogen and oxygen atoms in total. The molecule has 170 valence electrons. The second-order valence-electron chi connectivity index (χ2n) is 9.13. The van der Waals surface area contributed by atoms with Crippen molar-refractivity contribution in [3.63, 3.8) is 0 Å². The molecule has 0 unspecified atom stereocenters. The van der Waals surface area contributed by atoms with Crippen molar-refractivity contribution >= 4 is 5.97 Å². The summed E-state index contributed by atoms with van der Waals surface area (Å²) in [7, 11) is 0. The Kier molecular flexibility index (Phi) is 6.42. The smallest absolute Gasteiger partial charge is 0.335 e. The maximum atomic E-state index is 11.0. The van der Waals surface area contributed by atoms with Gasteiger partial charge in [-0.25, -0.2) is 4.79 Å². The topological polar surface area (TPSA) is 53.0 Å². The fourth-order valence-electron chi connectivity index (χ4n) is 5.12. The van der Waals surface area contributed by atoms with Crippen LogP contribution in [-0.4, -0.2) is 52.6 Å². The molecule has 3 aromatic carbocycles. The fraction of sp³-hybridized carbons (Fsp3) is 0.321. The van der Waals surface area contributed by atoms with E-state index < -0.39 is 5.97 Å². The number of likely N-dealkylation sites (tertiary alicyclic amines) is 2. The number of para-hydroxylation sites is 1. The van der Waals surface area contributed by atoms with Gasteiger partial charge in [0.15, 0.2) is 0 Å². The molecule has 3 aromatic rings. The number of rotatable bonds is 9. The number of ether oxygens (including phenoxy) is 1. The molecule has 0 spiro atoms. The lowest BCUT2D eigenvalue weighted by Gasteiger charge is -2.34. The Labute approximate surface area is 195 Å². The van der Waals surface area contributed by atoms with Crippen LogP contribution < -0.4 is 4.74 Å². The molecule has 33 heavy (non-hydrogen) atoms. The van der Waals surface area contributed by atoms with Crippen molar-refractivity contribution in [2.24, 2.45) is 0 Å². The molecule has 0 aromatic heterocycles. The highest BCUT2D eigenvalue weighted by molar-refractivity contribution is 5.87. The monoisotopic (exact) mass is 442 g/mol. The first kappa shape index (κ1) is 21.7. The predicted molar refractivity (Wildman–Crippen MR) is 129 cm³/mol. The Morgan fingerprint density at radius 3 is 2.12 bits per heavy atom. The molecule has 1 N–H and O–H groups in total. The standard InChI is InChI=1S/C28H30N2O3/c31-28(32)23-12-8-22(9-13-23)18-30-20-24-17-25(30)19-29(24)16-4-5-21-10-14-27(15-11-21)33-26-6-2-1-3-7-26/h1-3,6-15,24-25H,4-5,16-20H2,(H,31,32)/t24-,25-/m0/s1. The van der Waals surface area contributed by atoms with E-state index in [1.54, 1.807) is 12.1 Å². The van der Waals surface area contributed by atoms with Crippen molar-refractivity contribution in [2.45, 2.75) is 37.9 Å². The van der Waals surface area contributed by atoms with Crippen LogP contribution in [0.3, 0.4) is 0 Å². The van der Waals surface area contributed by atoms with E-state index in [0.717, 1.165) is 44.1 Å². The van der Waals surface area contributed by atoms with Gasteiger partial charge >= 0.3 is 5.97 Å². The SMILES string of the molecule is O=C(O)c1ccc(CN2C[C@@H]3C[C@H]2CN3CCCc2ccc(Oc3ccccc3)cc2)cc1. The minimum absolute atomic E-state index is 0.353. The third kappa shape index (κ3) is 5.27. The lowest BCUT2D eigenvalue weighted by molar-refractivity contribution is 0.0697. The summed E-state index contributed by atoms with van der Waals surface area (Å²) in [6.07, 6.45) is 3.50. The van der Waals surface area contributed by atoms with Gasteiger partial charge in [-0.15, -0.1) is 0 Å². The lowest BCUT2D eigenvalue weighted by atomic mass is 10.1. The number of hydrogen-bond acceptors (Lipinski definition) is 4. The van der Waals surface area contributed by atoms with Gasteiger partial charge in [0.2, 0.25) is 0 Å². The first-order valence-electron chi connectivity index (χ1n) is 11.8. The van der Waals surface area contributed by atoms with E-state index in [4.69, 9.17) is 9.84 Å². The van der Waals surface area contributed by atoms with Gasteiger partial charge in [-0.3, -0.25) is 9.80 Å². The summed E-state index contributed by atoms with van der Waals surface area (Å²) in [4.78, 5) is 16.2. The number of piperazine rings is 1. The van der Waals surface area contributed by atoms with E-state index in [1.165, 1.54) is 24.0 Å². The Bertz CT molecular complexity index is 1070. The fourth-order valence-corrected chi connectivity index (χ4v) is 5.12. The first-order valence-corrected chi connectivity index (χ1v) is 11.8. The third-order valence-electron chi connectivity index (χ3n) is 6.87. The Morgan fingerprint density at radius 2 is 1.45 bits per heavy atom. The zero-order valence-corrected chi connectivity index (χ0v) is 18.8. The summed E-state index contributed by atoms with van der Waals surface area (Å²) in [5.74, 6) is 0.869. The number of fused-ring (bicyclic) bond motifs is 2. The molecule has 0 amide bonds. The number of carbonyl (C=O) groups is 1. The van der Waals surface area contributed by atoms with Gasteiger partial charge in [-0.05, 0) is 73.3 Å². The number of aromatic carboxylic acids is 1. The number of carboxylic acid groups (broad SMARTS) is 1. The third-order valence-corrected chi connectivity index (χ3v) is 6.87. The van der Waals surface area contributed by atoms with Crippen LogP contribution in [-0.2, 0) is 13.0 Å². The molecular weight excluding hydrogens is 412 g/mol. The number of aryl methyl sites for hydroxylation is 1. The van der Waals surface area contributed by atoms with Gasteiger partial charge in [0, 0.05) is 31.7 Å². The number of hydrogen-bond donors (Lipinski definition) is 1. The molecular formula is C28H30N2O3. The quantitative estimate of drug-likeness (QED) is 0.502. The normalized spacial score (nSPS) is 20.2. The Morgan fingerprint density at radius 1 is 0.818 bits per heavy atom. The van der Waals surface area contributed by atoms with Crippen LogP contribution >= 0.6 is 0 Å². The molecule has 0 aliphatic carbocycles. The largest absolute Gasteiger partial charge is 0.478 e. The highest BCUT2D eigenvalue weighted by Gasteiger charge is 2.42. The maximum Gasteiger partial charge on any atom is 0.335 e. The summed E-state index contributed by atoms with van der Waals surface area (Å²) in [6.45, 7) is 4.30. The summed E-state index contributed by atoms with van der Waals surface area (Å²) in [5, 5.41) is 9.06. The number of benzene rings is 3. The molecule has 2 bridgehead atoms. The van der Waals surface area contributed by atoms with E-state index in [2.05, 4.69) is 34.1 Å². The second-order valence-corrected chi connectivity index (χ2v) is 9.13. The van der Waals surface area contributed by atoms with Gasteiger partial charge < -0.3 is 9.84 Å². The van der Waals surface area contributed by atoms with Crippen LogP contribution in [0.4, 0.5) is 0 Å². The summed E-state index contributed by atoms with van der Waals surface area (Å²) < 4.78 is 5.88. The average Bonchev–Trinajstić information content (AvgIpc) is 3.41. The average molecular weight is 443 g/mol. The molecule has 5 heteroatoms. The first-order chi connectivity index (χ1) is 16.1. The van der Waals surface area contributed by atoms with Gasteiger partial charge in [0.25, 0.3) is 0 Å². The maximum absolute atomic E-state index is 11.0. The van der Waals surface area contributed by atoms with Gasteiger partial charge in [0.1, 0.15) is 11.5 Å². The Balaban J connectivity index is 1.05. The van der Waals surface area contributed by atoms with E-state index in [0.29, 0.717) is 17.6 Å². The molecule has 0 radical (unpaired) electrons.